The molecule has 0 radical (unpaired) electrons. The standard InChI is InChI=1S/C19H20ClN3O4/c1-26-16-5-3-15(4-6-16)21-10-18(24)22-23-19(25)13-8-12-9-14(20)2-7-17(12)27-11-13/h2-7,9,13,21H,8,10-11H2,1H3,(H,22,24)(H,23,25). The van der Waals surface area contributed by atoms with Crippen LogP contribution in [0, 0.1) is 5.92 Å². The number of nitrogens with one attached hydrogen (secondary N) is 3. The van der Waals surface area contributed by atoms with Crippen molar-refractivity contribution in [1.82, 2.24) is 10.9 Å². The van der Waals surface area contributed by atoms with E-state index in [-0.39, 0.29) is 25.0 Å². The summed E-state index contributed by atoms with van der Waals surface area (Å²) in [6.07, 6.45) is 0.502. The summed E-state index contributed by atoms with van der Waals surface area (Å²) in [7, 11) is 1.59. The molecule has 7 nitrogen and oxygen atoms in total. The lowest BCUT2D eigenvalue weighted by atomic mass is 9.96. The zero-order valence-corrected chi connectivity index (χ0v) is 15.5. The van der Waals surface area contributed by atoms with E-state index in [9.17, 15) is 9.59 Å². The SMILES string of the molecule is COc1ccc(NCC(=O)NNC(=O)C2COc3ccc(Cl)cc3C2)cc1. The number of benzene rings is 2. The number of methoxy groups -OCH3 is 1. The summed E-state index contributed by atoms with van der Waals surface area (Å²) < 4.78 is 10.7. The van der Waals surface area contributed by atoms with E-state index in [4.69, 9.17) is 21.1 Å². The third-order valence-corrected chi connectivity index (χ3v) is 4.40. The molecule has 2 aromatic carbocycles. The van der Waals surface area contributed by atoms with E-state index in [2.05, 4.69) is 16.2 Å². The van der Waals surface area contributed by atoms with E-state index >= 15 is 0 Å². The normalized spacial score (nSPS) is 15.1. The molecule has 1 heterocycles. The van der Waals surface area contributed by atoms with Crippen molar-refractivity contribution in [2.45, 2.75) is 6.42 Å². The molecule has 2 amide bonds. The highest BCUT2D eigenvalue weighted by atomic mass is 35.5. The maximum absolute atomic E-state index is 12.3. The molecule has 0 fully saturated rings. The Bertz CT molecular complexity index is 826. The average Bonchev–Trinajstić information content (AvgIpc) is 2.70. The molecule has 0 saturated carbocycles. The minimum Gasteiger partial charge on any atom is -0.497 e. The van der Waals surface area contributed by atoms with Crippen LogP contribution in [0.3, 0.4) is 0 Å². The molecule has 3 rings (SSSR count). The van der Waals surface area contributed by atoms with Crippen LogP contribution in [-0.2, 0) is 16.0 Å². The average molecular weight is 390 g/mol. The second-order valence-corrected chi connectivity index (χ2v) is 6.52. The zero-order valence-electron chi connectivity index (χ0n) is 14.8. The summed E-state index contributed by atoms with van der Waals surface area (Å²) in [5.74, 6) is 0.398. The highest BCUT2D eigenvalue weighted by Crippen LogP contribution is 2.29. The number of hydrazine groups is 1. The first-order valence-electron chi connectivity index (χ1n) is 8.43. The van der Waals surface area contributed by atoms with Crippen LogP contribution in [0.1, 0.15) is 5.56 Å². The lowest BCUT2D eigenvalue weighted by molar-refractivity contribution is -0.131. The first kappa shape index (κ1) is 18.8. The van der Waals surface area contributed by atoms with Crippen molar-refractivity contribution in [1.29, 1.82) is 0 Å². The Labute approximate surface area is 162 Å². The molecule has 8 heteroatoms. The maximum atomic E-state index is 12.3. The Morgan fingerprint density at radius 2 is 1.96 bits per heavy atom. The molecule has 0 aliphatic carbocycles. The Balaban J connectivity index is 1.44. The molecule has 2 aromatic rings. The zero-order chi connectivity index (χ0) is 19.2. The summed E-state index contributed by atoms with van der Waals surface area (Å²) in [6, 6.07) is 12.5. The third kappa shape index (κ3) is 5.04. The minimum absolute atomic E-state index is 0.0201. The fourth-order valence-corrected chi connectivity index (χ4v) is 2.89. The second-order valence-electron chi connectivity index (χ2n) is 6.08. The van der Waals surface area contributed by atoms with Gasteiger partial charge in [0.05, 0.1) is 19.6 Å². The molecule has 3 N–H and O–H groups in total. The van der Waals surface area contributed by atoms with Crippen LogP contribution < -0.4 is 25.6 Å². The lowest BCUT2D eigenvalue weighted by Gasteiger charge is -2.24. The van der Waals surface area contributed by atoms with Crippen LogP contribution in [0.5, 0.6) is 11.5 Å². The molecule has 142 valence electrons. The summed E-state index contributed by atoms with van der Waals surface area (Å²) in [5.41, 5.74) is 6.49. The molecule has 1 unspecified atom stereocenters. The molecule has 0 bridgehead atoms. The van der Waals surface area contributed by atoms with Crippen LogP contribution in [0.4, 0.5) is 5.69 Å². The van der Waals surface area contributed by atoms with E-state index in [1.165, 1.54) is 0 Å². The van der Waals surface area contributed by atoms with Gasteiger partial charge in [0, 0.05) is 10.7 Å². The van der Waals surface area contributed by atoms with Gasteiger partial charge in [0.25, 0.3) is 5.91 Å². The van der Waals surface area contributed by atoms with Crippen molar-refractivity contribution in [3.63, 3.8) is 0 Å². The number of ether oxygens (including phenoxy) is 2. The van der Waals surface area contributed by atoms with E-state index in [1.807, 2.05) is 0 Å². The number of anilines is 1. The van der Waals surface area contributed by atoms with E-state index in [0.29, 0.717) is 11.4 Å². The number of rotatable bonds is 5. The fraction of sp³-hybridized carbons (Fsp3) is 0.263. The van der Waals surface area contributed by atoms with Crippen molar-refractivity contribution in [2.75, 3.05) is 25.6 Å². The van der Waals surface area contributed by atoms with Gasteiger partial charge in [-0.2, -0.15) is 0 Å². The predicted octanol–water partition coefficient (Wildman–Crippen LogP) is 2.16. The first-order chi connectivity index (χ1) is 13.0. The summed E-state index contributed by atoms with van der Waals surface area (Å²) >= 11 is 5.98. The van der Waals surface area contributed by atoms with Crippen molar-refractivity contribution in [2.24, 2.45) is 5.92 Å². The summed E-state index contributed by atoms with van der Waals surface area (Å²) in [5, 5.41) is 3.55. The number of hydrogen-bond acceptors (Lipinski definition) is 5. The number of amides is 2. The van der Waals surface area contributed by atoms with Gasteiger partial charge in [-0.15, -0.1) is 0 Å². The van der Waals surface area contributed by atoms with Crippen molar-refractivity contribution in [3.05, 3.63) is 53.1 Å². The molecular weight excluding hydrogens is 370 g/mol. The van der Waals surface area contributed by atoms with Crippen LogP contribution in [0.15, 0.2) is 42.5 Å². The Kier molecular flexibility index (Phi) is 6.03. The van der Waals surface area contributed by atoms with Gasteiger partial charge in [-0.05, 0) is 54.4 Å². The van der Waals surface area contributed by atoms with Crippen LogP contribution in [0.2, 0.25) is 5.02 Å². The van der Waals surface area contributed by atoms with Gasteiger partial charge in [-0.3, -0.25) is 20.4 Å². The topological polar surface area (TPSA) is 88.7 Å². The molecule has 0 saturated heterocycles. The van der Waals surface area contributed by atoms with Crippen LogP contribution >= 0.6 is 11.6 Å². The number of fused-ring (bicyclic) bond motifs is 1. The van der Waals surface area contributed by atoms with Crippen molar-refractivity contribution >= 4 is 29.1 Å². The van der Waals surface area contributed by atoms with E-state index in [1.54, 1.807) is 49.6 Å². The largest absolute Gasteiger partial charge is 0.497 e. The summed E-state index contributed by atoms with van der Waals surface area (Å²) in [6.45, 7) is 0.270. The van der Waals surface area contributed by atoms with Gasteiger partial charge >= 0.3 is 0 Å². The van der Waals surface area contributed by atoms with Gasteiger partial charge in [0.1, 0.15) is 18.1 Å². The summed E-state index contributed by atoms with van der Waals surface area (Å²) in [4.78, 5) is 24.2. The van der Waals surface area contributed by atoms with Crippen molar-refractivity contribution < 1.29 is 19.1 Å². The predicted molar refractivity (Wildman–Crippen MR) is 102 cm³/mol. The van der Waals surface area contributed by atoms with Gasteiger partial charge in [0.2, 0.25) is 5.91 Å². The number of halogens is 1. The van der Waals surface area contributed by atoms with Gasteiger partial charge < -0.3 is 14.8 Å². The van der Waals surface area contributed by atoms with Crippen molar-refractivity contribution in [3.8, 4) is 11.5 Å². The van der Waals surface area contributed by atoms with Gasteiger partial charge in [-0.1, -0.05) is 11.6 Å². The number of carbonyl (C=O) groups excluding carboxylic acids is 2. The highest BCUT2D eigenvalue weighted by Gasteiger charge is 2.26. The second kappa shape index (κ2) is 8.64. The molecule has 1 aliphatic heterocycles. The third-order valence-electron chi connectivity index (χ3n) is 4.17. The molecule has 0 aromatic heterocycles. The smallest absolute Gasteiger partial charge is 0.257 e. The highest BCUT2D eigenvalue weighted by molar-refractivity contribution is 6.30. The maximum Gasteiger partial charge on any atom is 0.257 e. The van der Waals surface area contributed by atoms with Crippen LogP contribution in [0.25, 0.3) is 0 Å². The Hall–Kier alpha value is -2.93. The molecule has 1 atom stereocenters. The Morgan fingerprint density at radius 1 is 1.19 bits per heavy atom. The number of carbonyl (C=O) groups is 2. The van der Waals surface area contributed by atoms with Crippen LogP contribution in [-0.4, -0.2) is 32.1 Å². The molecule has 27 heavy (non-hydrogen) atoms. The lowest BCUT2D eigenvalue weighted by Crippen LogP contribution is -2.48. The minimum atomic E-state index is -0.397. The fourth-order valence-electron chi connectivity index (χ4n) is 2.70. The van der Waals surface area contributed by atoms with E-state index in [0.717, 1.165) is 22.7 Å². The monoisotopic (exact) mass is 389 g/mol. The molecule has 0 spiro atoms. The quantitative estimate of drug-likeness (QED) is 0.682. The molecular formula is C19H20ClN3O4. The van der Waals surface area contributed by atoms with Gasteiger partial charge in [0.15, 0.2) is 0 Å². The molecule has 1 aliphatic rings. The number of hydrogen-bond donors (Lipinski definition) is 3. The van der Waals surface area contributed by atoms with E-state index < -0.39 is 5.92 Å². The van der Waals surface area contributed by atoms with Gasteiger partial charge in [-0.25, -0.2) is 0 Å². The first-order valence-corrected chi connectivity index (χ1v) is 8.81. The Morgan fingerprint density at radius 3 is 2.70 bits per heavy atom.